The van der Waals surface area contributed by atoms with Crippen molar-refractivity contribution in [2.45, 2.75) is 43.6 Å². The number of benzene rings is 1. The van der Waals surface area contributed by atoms with Gasteiger partial charge in [0.15, 0.2) is 6.29 Å². The molecule has 1 amide bonds. The van der Waals surface area contributed by atoms with Gasteiger partial charge in [0.05, 0.1) is 25.9 Å². The fraction of sp³-hybridized carbons (Fsp3) is 0.632. The molecular formula is C19H24N2O5. The van der Waals surface area contributed by atoms with Gasteiger partial charge < -0.3 is 19.1 Å². The summed E-state index contributed by atoms with van der Waals surface area (Å²) in [6, 6.07) is 9.88. The minimum atomic E-state index is -0.450. The van der Waals surface area contributed by atoms with E-state index in [1.807, 2.05) is 47.3 Å². The molecule has 6 atom stereocenters. The summed E-state index contributed by atoms with van der Waals surface area (Å²) in [6.07, 6.45) is -0.920. The highest BCUT2D eigenvalue weighted by atomic mass is 16.8. The van der Waals surface area contributed by atoms with Gasteiger partial charge in [-0.15, -0.1) is 0 Å². The van der Waals surface area contributed by atoms with Crippen LogP contribution in [0.2, 0.25) is 0 Å². The first-order valence-corrected chi connectivity index (χ1v) is 9.19. The standard InChI is InChI=1S/C19H24N2O5/c1-12(22)21-8-14-10-25-20(2)19(14)15-11-24-18(26-15)16(17(19)21)23-9-13-6-4-3-5-7-13/h3-7,14-18H,8-11H2,1-2H3/t14-,15-,16+,17?,18-,19-/m1/s1. The molecular weight excluding hydrogens is 336 g/mol. The second kappa shape index (κ2) is 6.00. The topological polar surface area (TPSA) is 60.5 Å². The normalized spacial score (nSPS) is 41.3. The third-order valence-electron chi connectivity index (χ3n) is 6.39. The Morgan fingerprint density at radius 2 is 2.12 bits per heavy atom. The summed E-state index contributed by atoms with van der Waals surface area (Å²) in [4.78, 5) is 20.2. The van der Waals surface area contributed by atoms with E-state index < -0.39 is 11.8 Å². The third-order valence-corrected chi connectivity index (χ3v) is 6.39. The van der Waals surface area contributed by atoms with Crippen LogP contribution >= 0.6 is 0 Å². The molecule has 0 aromatic heterocycles. The summed E-state index contributed by atoms with van der Waals surface area (Å²) in [5, 5.41) is 1.90. The molecule has 1 unspecified atom stereocenters. The first kappa shape index (κ1) is 16.6. The summed E-state index contributed by atoms with van der Waals surface area (Å²) in [5.41, 5.74) is 0.668. The second-order valence-corrected chi connectivity index (χ2v) is 7.58. The Bertz CT molecular complexity index is 700. The summed E-state index contributed by atoms with van der Waals surface area (Å²) < 4.78 is 18.5. The van der Waals surface area contributed by atoms with E-state index in [4.69, 9.17) is 19.0 Å². The molecule has 7 heteroatoms. The predicted molar refractivity (Wildman–Crippen MR) is 90.7 cm³/mol. The van der Waals surface area contributed by atoms with Crippen molar-refractivity contribution in [3.63, 3.8) is 0 Å². The smallest absolute Gasteiger partial charge is 0.219 e. The zero-order valence-electron chi connectivity index (χ0n) is 15.0. The van der Waals surface area contributed by atoms with E-state index in [0.717, 1.165) is 5.56 Å². The Morgan fingerprint density at radius 1 is 1.31 bits per heavy atom. The lowest BCUT2D eigenvalue weighted by atomic mass is 9.74. The molecule has 4 fully saturated rings. The van der Waals surface area contributed by atoms with Crippen LogP contribution in [0.4, 0.5) is 0 Å². The molecule has 0 saturated carbocycles. The molecule has 26 heavy (non-hydrogen) atoms. The molecule has 4 saturated heterocycles. The Kier molecular flexibility index (Phi) is 3.84. The Labute approximate surface area is 152 Å². The van der Waals surface area contributed by atoms with Crippen LogP contribution in [0.25, 0.3) is 0 Å². The predicted octanol–water partition coefficient (Wildman–Crippen LogP) is 0.790. The molecule has 4 aliphatic rings. The molecule has 1 aromatic carbocycles. The number of fused-ring (bicyclic) bond motifs is 2. The summed E-state index contributed by atoms with van der Waals surface area (Å²) in [5.74, 6) is 0.253. The lowest BCUT2D eigenvalue weighted by Crippen LogP contribution is -2.70. The average Bonchev–Trinajstić information content (AvgIpc) is 3.30. The van der Waals surface area contributed by atoms with E-state index in [9.17, 15) is 4.79 Å². The molecule has 1 spiro atoms. The van der Waals surface area contributed by atoms with Crippen LogP contribution < -0.4 is 0 Å². The maximum Gasteiger partial charge on any atom is 0.219 e. The molecule has 0 radical (unpaired) electrons. The van der Waals surface area contributed by atoms with Gasteiger partial charge in [-0.05, 0) is 5.56 Å². The highest BCUT2D eigenvalue weighted by Crippen LogP contribution is 2.53. The number of rotatable bonds is 3. The van der Waals surface area contributed by atoms with Gasteiger partial charge in [0.25, 0.3) is 0 Å². The van der Waals surface area contributed by atoms with Crippen molar-refractivity contribution >= 4 is 5.91 Å². The monoisotopic (exact) mass is 360 g/mol. The Morgan fingerprint density at radius 3 is 2.88 bits per heavy atom. The van der Waals surface area contributed by atoms with Crippen molar-refractivity contribution in [2.24, 2.45) is 5.92 Å². The number of hydrogen-bond donors (Lipinski definition) is 0. The van der Waals surface area contributed by atoms with Crippen LogP contribution in [0.5, 0.6) is 0 Å². The summed E-state index contributed by atoms with van der Waals surface area (Å²) in [7, 11) is 1.94. The second-order valence-electron chi connectivity index (χ2n) is 7.58. The minimum absolute atomic E-state index is 0.0618. The molecule has 140 valence electrons. The van der Waals surface area contributed by atoms with Crippen molar-refractivity contribution in [1.82, 2.24) is 9.96 Å². The van der Waals surface area contributed by atoms with Gasteiger partial charge in [-0.3, -0.25) is 9.63 Å². The van der Waals surface area contributed by atoms with Gasteiger partial charge in [-0.25, -0.2) is 0 Å². The van der Waals surface area contributed by atoms with Crippen LogP contribution in [0.15, 0.2) is 30.3 Å². The highest BCUT2D eigenvalue weighted by molar-refractivity contribution is 5.74. The number of hydrogen-bond acceptors (Lipinski definition) is 6. The van der Waals surface area contributed by atoms with Gasteiger partial charge in [0.2, 0.25) is 5.91 Å². The van der Waals surface area contributed by atoms with Crippen molar-refractivity contribution < 1.29 is 23.8 Å². The number of carbonyl (C=O) groups is 1. The van der Waals surface area contributed by atoms with Crippen LogP contribution in [0.3, 0.4) is 0 Å². The number of likely N-dealkylation sites (N-methyl/N-ethyl adjacent to an activating group) is 1. The van der Waals surface area contributed by atoms with Gasteiger partial charge in [0, 0.05) is 26.4 Å². The largest absolute Gasteiger partial charge is 0.366 e. The van der Waals surface area contributed by atoms with Gasteiger partial charge >= 0.3 is 0 Å². The van der Waals surface area contributed by atoms with E-state index in [-0.39, 0.29) is 30.1 Å². The number of ether oxygens (including phenoxy) is 3. The molecule has 4 heterocycles. The maximum atomic E-state index is 12.4. The van der Waals surface area contributed by atoms with Crippen molar-refractivity contribution in [2.75, 3.05) is 26.8 Å². The van der Waals surface area contributed by atoms with E-state index in [1.54, 1.807) is 6.92 Å². The van der Waals surface area contributed by atoms with Crippen molar-refractivity contribution in [1.29, 1.82) is 0 Å². The van der Waals surface area contributed by atoms with Crippen LogP contribution in [0.1, 0.15) is 12.5 Å². The van der Waals surface area contributed by atoms with E-state index in [0.29, 0.717) is 26.4 Å². The lowest BCUT2D eigenvalue weighted by molar-refractivity contribution is -0.263. The zero-order chi connectivity index (χ0) is 17.9. The number of hydroxylamine groups is 2. The molecule has 5 rings (SSSR count). The molecule has 7 nitrogen and oxygen atoms in total. The molecule has 0 aliphatic carbocycles. The van der Waals surface area contributed by atoms with E-state index >= 15 is 0 Å². The van der Waals surface area contributed by atoms with Crippen LogP contribution in [0, 0.1) is 5.92 Å². The minimum Gasteiger partial charge on any atom is -0.366 e. The van der Waals surface area contributed by atoms with Crippen LogP contribution in [-0.4, -0.2) is 72.8 Å². The van der Waals surface area contributed by atoms with Gasteiger partial charge in [-0.1, -0.05) is 30.3 Å². The molecule has 0 N–H and O–H groups in total. The highest BCUT2D eigenvalue weighted by Gasteiger charge is 2.73. The molecule has 4 aliphatic heterocycles. The van der Waals surface area contributed by atoms with Gasteiger partial charge in [-0.2, -0.15) is 5.06 Å². The number of carbonyl (C=O) groups excluding carboxylic acids is 1. The first-order chi connectivity index (χ1) is 12.6. The quantitative estimate of drug-likeness (QED) is 0.794. The number of likely N-dealkylation sites (tertiary alicyclic amines) is 1. The number of nitrogens with zero attached hydrogens (tertiary/aromatic N) is 2. The van der Waals surface area contributed by atoms with Crippen molar-refractivity contribution in [3.05, 3.63) is 35.9 Å². The fourth-order valence-corrected chi connectivity index (χ4v) is 5.28. The first-order valence-electron chi connectivity index (χ1n) is 9.19. The van der Waals surface area contributed by atoms with Gasteiger partial charge in [0.1, 0.15) is 17.7 Å². The summed E-state index contributed by atoms with van der Waals surface area (Å²) >= 11 is 0. The third kappa shape index (κ3) is 2.15. The average molecular weight is 360 g/mol. The molecule has 1 aromatic rings. The lowest BCUT2D eigenvalue weighted by Gasteiger charge is -2.49. The zero-order valence-corrected chi connectivity index (χ0v) is 15.0. The Balaban J connectivity index is 1.50. The molecule has 2 bridgehead atoms. The number of amides is 1. The maximum absolute atomic E-state index is 12.4. The van der Waals surface area contributed by atoms with Crippen LogP contribution in [-0.2, 0) is 30.4 Å². The fourth-order valence-electron chi connectivity index (χ4n) is 5.28. The SMILES string of the molecule is CC(=O)N1C[C@@H]2CON(C)[C@]23C1[C@H](OCc1ccccc1)[C@@H]1OC[C@H]3O1. The summed E-state index contributed by atoms with van der Waals surface area (Å²) in [6.45, 7) is 3.84. The van der Waals surface area contributed by atoms with E-state index in [1.165, 1.54) is 0 Å². The van der Waals surface area contributed by atoms with Crippen molar-refractivity contribution in [3.8, 4) is 0 Å². The Hall–Kier alpha value is -1.51. The van der Waals surface area contributed by atoms with E-state index in [2.05, 4.69) is 0 Å².